The molecule has 0 amide bonds. The molecular weight excluding hydrogens is 274 g/mol. The van der Waals surface area contributed by atoms with Crippen LogP contribution < -0.4 is 4.74 Å². The van der Waals surface area contributed by atoms with Crippen molar-refractivity contribution in [2.24, 2.45) is 0 Å². The van der Waals surface area contributed by atoms with E-state index in [1.165, 1.54) is 16.7 Å². The van der Waals surface area contributed by atoms with Gasteiger partial charge in [0.05, 0.1) is 0 Å². The van der Waals surface area contributed by atoms with Crippen LogP contribution in [-0.4, -0.2) is 54.3 Å². The zero-order valence-electron chi connectivity index (χ0n) is 13.1. The first-order chi connectivity index (χ1) is 9.65. The van der Waals surface area contributed by atoms with Crippen molar-refractivity contribution in [3.05, 3.63) is 28.8 Å². The van der Waals surface area contributed by atoms with Crippen molar-refractivity contribution < 1.29 is 24.5 Å². The van der Waals surface area contributed by atoms with Gasteiger partial charge in [-0.15, -0.1) is 0 Å². The molecule has 0 fully saturated rings. The Labute approximate surface area is 125 Å². The van der Waals surface area contributed by atoms with E-state index in [0.717, 1.165) is 18.9 Å². The van der Waals surface area contributed by atoms with Crippen LogP contribution in [0.5, 0.6) is 5.75 Å². The smallest absolute Gasteiger partial charge is 0.414 e. The van der Waals surface area contributed by atoms with Crippen LogP contribution in [0.4, 0.5) is 0 Å². The topological polar surface area (TPSA) is 87.1 Å². The van der Waals surface area contributed by atoms with Crippen molar-refractivity contribution >= 4 is 11.9 Å². The van der Waals surface area contributed by atoms with Gasteiger partial charge in [0.1, 0.15) is 12.4 Å². The van der Waals surface area contributed by atoms with Gasteiger partial charge in [-0.2, -0.15) is 0 Å². The highest BCUT2D eigenvalue weighted by atomic mass is 16.5. The summed E-state index contributed by atoms with van der Waals surface area (Å²) in [5.74, 6) is -2.63. The third-order valence-electron chi connectivity index (χ3n) is 2.74. The van der Waals surface area contributed by atoms with E-state index in [9.17, 15) is 0 Å². The third-order valence-corrected chi connectivity index (χ3v) is 2.74. The second-order valence-corrected chi connectivity index (χ2v) is 4.97. The summed E-state index contributed by atoms with van der Waals surface area (Å²) in [5.41, 5.74) is 3.81. The van der Waals surface area contributed by atoms with Crippen LogP contribution in [0, 0.1) is 20.8 Å². The molecule has 0 unspecified atom stereocenters. The molecule has 0 aliphatic heterocycles. The Morgan fingerprint density at radius 2 is 1.62 bits per heavy atom. The predicted molar refractivity (Wildman–Crippen MR) is 80.0 cm³/mol. The molecule has 0 heterocycles. The van der Waals surface area contributed by atoms with Gasteiger partial charge in [-0.1, -0.05) is 6.07 Å². The molecule has 0 aliphatic rings. The van der Waals surface area contributed by atoms with Crippen LogP contribution in [0.3, 0.4) is 0 Å². The fraction of sp³-hybridized carbons (Fsp3) is 0.467. The van der Waals surface area contributed by atoms with Crippen molar-refractivity contribution in [3.63, 3.8) is 0 Å². The van der Waals surface area contributed by atoms with Gasteiger partial charge >= 0.3 is 11.9 Å². The molecule has 1 aromatic rings. The number of likely N-dealkylation sites (N-methyl/N-ethyl adjacent to an activating group) is 1. The number of ether oxygens (including phenoxy) is 1. The fourth-order valence-corrected chi connectivity index (χ4v) is 1.49. The van der Waals surface area contributed by atoms with Crippen LogP contribution in [0.25, 0.3) is 0 Å². The fourth-order valence-electron chi connectivity index (χ4n) is 1.49. The van der Waals surface area contributed by atoms with E-state index in [4.69, 9.17) is 24.5 Å². The molecule has 0 saturated carbocycles. The highest BCUT2D eigenvalue weighted by Gasteiger charge is 2.04. The number of nitrogens with zero attached hydrogens (tertiary/aromatic N) is 1. The first-order valence-corrected chi connectivity index (χ1v) is 6.46. The maximum absolute atomic E-state index is 9.10. The minimum absolute atomic E-state index is 0.747. The number of hydrogen-bond donors (Lipinski definition) is 2. The standard InChI is InChI=1S/C13H21NO.C2H2O4/c1-10-8-11(2)12(3)13(9-10)15-7-6-14(4)5;3-1(4)2(5)6/h8-9H,6-7H2,1-5H3;(H,3,4)(H,5,6). The van der Waals surface area contributed by atoms with Crippen LogP contribution in [0.2, 0.25) is 0 Å². The van der Waals surface area contributed by atoms with Crippen LogP contribution >= 0.6 is 0 Å². The highest BCUT2D eigenvalue weighted by molar-refractivity contribution is 6.27. The molecule has 1 aromatic carbocycles. The summed E-state index contributed by atoms with van der Waals surface area (Å²) in [7, 11) is 4.11. The zero-order valence-corrected chi connectivity index (χ0v) is 13.1. The number of carboxylic acid groups (broad SMARTS) is 2. The van der Waals surface area contributed by atoms with Crippen LogP contribution in [0.1, 0.15) is 16.7 Å². The minimum Gasteiger partial charge on any atom is -0.492 e. The third kappa shape index (κ3) is 7.94. The summed E-state index contributed by atoms with van der Waals surface area (Å²) in [6.07, 6.45) is 0. The van der Waals surface area contributed by atoms with Gasteiger partial charge in [-0.3, -0.25) is 0 Å². The van der Waals surface area contributed by atoms with E-state index < -0.39 is 11.9 Å². The summed E-state index contributed by atoms with van der Waals surface area (Å²) in [6, 6.07) is 4.30. The summed E-state index contributed by atoms with van der Waals surface area (Å²) in [6.45, 7) is 8.04. The van der Waals surface area contributed by atoms with Gasteiger partial charge < -0.3 is 19.8 Å². The maximum atomic E-state index is 9.10. The van der Waals surface area contributed by atoms with E-state index in [0.29, 0.717) is 0 Å². The second-order valence-electron chi connectivity index (χ2n) is 4.97. The zero-order chi connectivity index (χ0) is 16.6. The second kappa shape index (κ2) is 8.97. The molecule has 0 saturated heterocycles. The van der Waals surface area contributed by atoms with Crippen LogP contribution in [-0.2, 0) is 9.59 Å². The molecule has 6 nitrogen and oxygen atoms in total. The number of benzene rings is 1. The lowest BCUT2D eigenvalue weighted by Crippen LogP contribution is -2.19. The average Bonchev–Trinajstić information content (AvgIpc) is 2.35. The Kier molecular flexibility index (Phi) is 8.08. The number of rotatable bonds is 4. The molecule has 0 bridgehead atoms. The van der Waals surface area contributed by atoms with E-state index >= 15 is 0 Å². The molecule has 0 spiro atoms. The summed E-state index contributed by atoms with van der Waals surface area (Å²) in [5, 5.41) is 14.8. The number of hydrogen-bond acceptors (Lipinski definition) is 4. The molecule has 2 N–H and O–H groups in total. The van der Waals surface area contributed by atoms with Crippen molar-refractivity contribution in [3.8, 4) is 5.75 Å². The lowest BCUT2D eigenvalue weighted by molar-refractivity contribution is -0.159. The average molecular weight is 297 g/mol. The Hall–Kier alpha value is -2.08. The molecule has 118 valence electrons. The first-order valence-electron chi connectivity index (χ1n) is 6.46. The normalized spacial score (nSPS) is 9.81. The molecular formula is C15H23NO5. The molecule has 0 aromatic heterocycles. The molecule has 1 rings (SSSR count). The van der Waals surface area contributed by atoms with Gasteiger partial charge in [0.15, 0.2) is 0 Å². The minimum atomic E-state index is -1.82. The van der Waals surface area contributed by atoms with E-state index in [-0.39, 0.29) is 0 Å². The Bertz CT molecular complexity index is 485. The van der Waals surface area contributed by atoms with Gasteiger partial charge in [-0.05, 0) is 57.6 Å². The highest BCUT2D eigenvalue weighted by Crippen LogP contribution is 2.23. The number of carbonyl (C=O) groups is 2. The van der Waals surface area contributed by atoms with E-state index in [1.807, 2.05) is 0 Å². The first kappa shape index (κ1) is 18.9. The SMILES string of the molecule is Cc1cc(C)c(C)c(OCCN(C)C)c1.O=C(O)C(=O)O. The largest absolute Gasteiger partial charge is 0.492 e. The van der Waals surface area contributed by atoms with E-state index in [1.54, 1.807) is 0 Å². The van der Waals surface area contributed by atoms with Gasteiger partial charge in [-0.25, -0.2) is 9.59 Å². The predicted octanol–water partition coefficient (Wildman–Crippen LogP) is 1.71. The summed E-state index contributed by atoms with van der Waals surface area (Å²) in [4.78, 5) is 20.3. The van der Waals surface area contributed by atoms with Gasteiger partial charge in [0.2, 0.25) is 0 Å². The quantitative estimate of drug-likeness (QED) is 0.823. The Balaban J connectivity index is 0.000000567. The monoisotopic (exact) mass is 297 g/mol. The molecule has 21 heavy (non-hydrogen) atoms. The van der Waals surface area contributed by atoms with Crippen molar-refractivity contribution in [1.82, 2.24) is 4.90 Å². The Morgan fingerprint density at radius 3 is 2.05 bits per heavy atom. The van der Waals surface area contributed by atoms with Gasteiger partial charge in [0.25, 0.3) is 0 Å². The summed E-state index contributed by atoms with van der Waals surface area (Å²) < 4.78 is 5.77. The van der Waals surface area contributed by atoms with Crippen molar-refractivity contribution in [2.45, 2.75) is 20.8 Å². The van der Waals surface area contributed by atoms with Gasteiger partial charge in [0, 0.05) is 6.54 Å². The van der Waals surface area contributed by atoms with Crippen LogP contribution in [0.15, 0.2) is 12.1 Å². The number of carboxylic acids is 2. The number of aliphatic carboxylic acids is 2. The molecule has 0 atom stereocenters. The molecule has 0 aliphatic carbocycles. The van der Waals surface area contributed by atoms with E-state index in [2.05, 4.69) is 51.9 Å². The maximum Gasteiger partial charge on any atom is 0.414 e. The molecule has 0 radical (unpaired) electrons. The lowest BCUT2D eigenvalue weighted by Gasteiger charge is -2.14. The van der Waals surface area contributed by atoms with Crippen molar-refractivity contribution in [2.75, 3.05) is 27.2 Å². The molecule has 6 heteroatoms. The van der Waals surface area contributed by atoms with Crippen molar-refractivity contribution in [1.29, 1.82) is 0 Å². The summed E-state index contributed by atoms with van der Waals surface area (Å²) >= 11 is 0. The Morgan fingerprint density at radius 1 is 1.10 bits per heavy atom. The number of aryl methyl sites for hydroxylation is 2. The lowest BCUT2D eigenvalue weighted by atomic mass is 10.1.